The molecule has 0 N–H and O–H groups in total. The molecule has 158 valence electrons. The van der Waals surface area contributed by atoms with Crippen LogP contribution in [0, 0.1) is 11.8 Å². The van der Waals surface area contributed by atoms with Crippen LogP contribution in [0.15, 0.2) is 47.3 Å². The molecule has 0 saturated carbocycles. The first kappa shape index (κ1) is 19.6. The number of carbonyl (C=O) groups is 3. The van der Waals surface area contributed by atoms with Crippen molar-refractivity contribution >= 4 is 44.3 Å². The van der Waals surface area contributed by atoms with Gasteiger partial charge in [0, 0.05) is 12.6 Å². The number of allylic oxidation sites excluding steroid dienone is 2. The number of carbonyl (C=O) groups excluding carboxylic acids is 3. The number of thiazole rings is 1. The number of para-hydroxylation sites is 1. The smallest absolute Gasteiger partial charge is 0.307 e. The molecule has 0 unspecified atom stereocenters. The zero-order valence-electron chi connectivity index (χ0n) is 16.5. The number of nitrogens with zero attached hydrogens (tertiary/aromatic N) is 3. The lowest BCUT2D eigenvalue weighted by Crippen LogP contribution is -2.33. The number of imide groups is 1. The lowest BCUT2D eigenvalue weighted by atomic mass is 9.85. The number of likely N-dealkylation sites (tertiary alicyclic amines) is 1. The van der Waals surface area contributed by atoms with Crippen LogP contribution in [0.25, 0.3) is 15.2 Å². The number of hydrogen-bond donors (Lipinski definition) is 0. The number of aromatic nitrogens is 2. The third kappa shape index (κ3) is 3.44. The largest absolute Gasteiger partial charge is 0.459 e. The maximum Gasteiger partial charge on any atom is 0.307 e. The van der Waals surface area contributed by atoms with Crippen LogP contribution in [0.4, 0.5) is 0 Å². The first-order valence-corrected chi connectivity index (χ1v) is 10.9. The van der Waals surface area contributed by atoms with Gasteiger partial charge in [-0.2, -0.15) is 0 Å². The first-order chi connectivity index (χ1) is 15.0. The van der Waals surface area contributed by atoms with Gasteiger partial charge in [-0.1, -0.05) is 35.6 Å². The van der Waals surface area contributed by atoms with Gasteiger partial charge >= 0.3 is 5.97 Å². The van der Waals surface area contributed by atoms with Gasteiger partial charge in [-0.15, -0.1) is 0 Å². The molecule has 1 saturated heterocycles. The summed E-state index contributed by atoms with van der Waals surface area (Å²) >= 11 is 1.39. The van der Waals surface area contributed by atoms with E-state index in [1.807, 2.05) is 36.4 Å². The first-order valence-electron chi connectivity index (χ1n) is 10.1. The average molecular weight is 437 g/mol. The van der Waals surface area contributed by atoms with Crippen molar-refractivity contribution in [3.05, 3.63) is 58.5 Å². The number of fused-ring (bicyclic) bond motifs is 4. The van der Waals surface area contributed by atoms with E-state index < -0.39 is 5.97 Å². The van der Waals surface area contributed by atoms with Crippen LogP contribution < -0.4 is 5.56 Å². The van der Waals surface area contributed by atoms with Crippen LogP contribution in [-0.4, -0.2) is 38.6 Å². The number of ether oxygens (including phenoxy) is 1. The molecule has 9 heteroatoms. The third-order valence-corrected chi connectivity index (χ3v) is 6.79. The molecule has 0 bridgehead atoms. The second kappa shape index (κ2) is 7.73. The van der Waals surface area contributed by atoms with Crippen LogP contribution in [0.3, 0.4) is 0 Å². The zero-order valence-corrected chi connectivity index (χ0v) is 17.3. The minimum atomic E-state index is -0.549. The quantitative estimate of drug-likeness (QED) is 0.345. The van der Waals surface area contributed by atoms with Crippen LogP contribution in [0.1, 0.15) is 25.0 Å². The Balaban J connectivity index is 1.22. The Hall–Kier alpha value is -3.33. The van der Waals surface area contributed by atoms with Crippen molar-refractivity contribution in [1.29, 1.82) is 0 Å². The summed E-state index contributed by atoms with van der Waals surface area (Å²) in [7, 11) is 0. The lowest BCUT2D eigenvalue weighted by molar-refractivity contribution is -0.146. The summed E-state index contributed by atoms with van der Waals surface area (Å²) in [6, 6.07) is 8.88. The predicted octanol–water partition coefficient (Wildman–Crippen LogP) is 2.29. The van der Waals surface area contributed by atoms with E-state index in [1.165, 1.54) is 26.7 Å². The molecule has 2 atom stereocenters. The van der Waals surface area contributed by atoms with Gasteiger partial charge < -0.3 is 4.74 Å². The highest BCUT2D eigenvalue weighted by Gasteiger charge is 2.46. The molecule has 1 aliphatic carbocycles. The molecule has 1 aromatic carbocycles. The molecule has 3 aromatic rings. The number of benzene rings is 1. The minimum Gasteiger partial charge on any atom is -0.459 e. The number of hydrogen-bond acceptors (Lipinski definition) is 7. The molecule has 1 aliphatic heterocycles. The molecule has 3 heterocycles. The van der Waals surface area contributed by atoms with Crippen molar-refractivity contribution in [3.8, 4) is 0 Å². The van der Waals surface area contributed by atoms with E-state index in [1.54, 1.807) is 0 Å². The maximum absolute atomic E-state index is 12.5. The fourth-order valence-electron chi connectivity index (χ4n) is 4.22. The number of rotatable bonds is 5. The van der Waals surface area contributed by atoms with Crippen molar-refractivity contribution < 1.29 is 19.1 Å². The van der Waals surface area contributed by atoms with Crippen LogP contribution in [0.5, 0.6) is 0 Å². The molecule has 2 aliphatic rings. The molecule has 0 radical (unpaired) electrons. The lowest BCUT2D eigenvalue weighted by Gasteiger charge is -2.14. The normalized spacial score (nSPS) is 20.6. The van der Waals surface area contributed by atoms with Gasteiger partial charge in [0.15, 0.2) is 4.96 Å². The summed E-state index contributed by atoms with van der Waals surface area (Å²) in [5.41, 5.74) is 0.910. The highest BCUT2D eigenvalue weighted by Crippen LogP contribution is 2.35. The van der Waals surface area contributed by atoms with Crippen LogP contribution in [0.2, 0.25) is 0 Å². The molecular weight excluding hydrogens is 418 g/mol. The Labute approximate surface area is 180 Å². The summed E-state index contributed by atoms with van der Waals surface area (Å²) in [4.78, 5) is 55.8. The van der Waals surface area contributed by atoms with E-state index in [0.29, 0.717) is 23.5 Å². The van der Waals surface area contributed by atoms with Gasteiger partial charge in [-0.05, 0) is 25.0 Å². The van der Waals surface area contributed by atoms with Crippen molar-refractivity contribution in [2.24, 2.45) is 11.8 Å². The van der Waals surface area contributed by atoms with Crippen molar-refractivity contribution in [2.75, 3.05) is 6.54 Å². The second-order valence-electron chi connectivity index (χ2n) is 7.67. The van der Waals surface area contributed by atoms with Gasteiger partial charge in [0.05, 0.1) is 34.2 Å². The molecule has 2 amide bonds. The van der Waals surface area contributed by atoms with Crippen molar-refractivity contribution in [1.82, 2.24) is 14.3 Å². The van der Waals surface area contributed by atoms with Gasteiger partial charge in [0.2, 0.25) is 11.8 Å². The molecule has 1 fully saturated rings. The molecule has 0 spiro atoms. The Bertz CT molecular complexity index is 1280. The molecule has 5 rings (SSSR count). The van der Waals surface area contributed by atoms with Gasteiger partial charge in [-0.25, -0.2) is 4.98 Å². The number of amides is 2. The summed E-state index contributed by atoms with van der Waals surface area (Å²) in [6.45, 7) is -0.134. The number of esters is 1. The fourth-order valence-corrected chi connectivity index (χ4v) is 5.27. The Morgan fingerprint density at radius 3 is 2.55 bits per heavy atom. The summed E-state index contributed by atoms with van der Waals surface area (Å²) in [6.07, 6.45) is 4.89. The minimum absolute atomic E-state index is 0.00886. The molecule has 31 heavy (non-hydrogen) atoms. The van der Waals surface area contributed by atoms with Gasteiger partial charge in [0.1, 0.15) is 6.61 Å². The van der Waals surface area contributed by atoms with Crippen molar-refractivity contribution in [2.45, 2.75) is 25.9 Å². The molecule has 8 nitrogen and oxygen atoms in total. The fraction of sp³-hybridized carbons (Fsp3) is 0.318. The highest BCUT2D eigenvalue weighted by molar-refractivity contribution is 7.23. The van der Waals surface area contributed by atoms with Gasteiger partial charge in [-0.3, -0.25) is 28.5 Å². The standard InChI is InChI=1S/C22H19N3O5S/c26-18-11-13(23-22-25(18)16-7-3-4-8-17(16)31-22)12-30-19(27)9-10-24-20(28)14-5-1-2-6-15(14)21(24)29/h1-4,7-8,11,14-15H,5-6,9-10,12H2/t14-,15+. The van der Waals surface area contributed by atoms with Gasteiger partial charge in [0.25, 0.3) is 5.56 Å². The zero-order chi connectivity index (χ0) is 21.5. The molecule has 2 aromatic heterocycles. The Morgan fingerprint density at radius 2 is 1.81 bits per heavy atom. The van der Waals surface area contributed by atoms with E-state index in [0.717, 1.165) is 10.2 Å². The van der Waals surface area contributed by atoms with E-state index in [-0.39, 0.29) is 48.8 Å². The summed E-state index contributed by atoms with van der Waals surface area (Å²) in [5, 5.41) is 0. The maximum atomic E-state index is 12.5. The average Bonchev–Trinajstić information content (AvgIpc) is 3.26. The Morgan fingerprint density at radius 1 is 1.10 bits per heavy atom. The summed E-state index contributed by atoms with van der Waals surface area (Å²) < 4.78 is 7.72. The monoisotopic (exact) mass is 437 g/mol. The third-order valence-electron chi connectivity index (χ3n) is 5.77. The van der Waals surface area contributed by atoms with Crippen LogP contribution in [-0.2, 0) is 25.7 Å². The SMILES string of the molecule is O=C(CCN1C(=O)[C@H]2CC=CC[C@H]2C1=O)OCc1cc(=O)n2c(n1)sc1ccccc12. The predicted molar refractivity (Wildman–Crippen MR) is 113 cm³/mol. The van der Waals surface area contributed by atoms with E-state index in [4.69, 9.17) is 4.74 Å². The topological polar surface area (TPSA) is 98.0 Å². The Kier molecular flexibility index (Phi) is 4.90. The highest BCUT2D eigenvalue weighted by atomic mass is 32.1. The van der Waals surface area contributed by atoms with E-state index in [2.05, 4.69) is 4.98 Å². The van der Waals surface area contributed by atoms with Crippen LogP contribution >= 0.6 is 11.3 Å². The van der Waals surface area contributed by atoms with E-state index >= 15 is 0 Å². The second-order valence-corrected chi connectivity index (χ2v) is 8.68. The van der Waals surface area contributed by atoms with E-state index in [9.17, 15) is 19.2 Å². The van der Waals surface area contributed by atoms with Crippen molar-refractivity contribution in [3.63, 3.8) is 0 Å². The summed E-state index contributed by atoms with van der Waals surface area (Å²) in [5.74, 6) is -1.58. The molecular formula is C22H19N3O5S.